The van der Waals surface area contributed by atoms with E-state index in [0.717, 1.165) is 17.6 Å². The number of benzene rings is 4. The van der Waals surface area contributed by atoms with Gasteiger partial charge in [-0.2, -0.15) is 0 Å². The van der Waals surface area contributed by atoms with E-state index < -0.39 is 7.26 Å². The van der Waals surface area contributed by atoms with Crippen molar-refractivity contribution in [2.45, 2.75) is 13.3 Å². The third kappa shape index (κ3) is 5.17. The normalized spacial score (nSPS) is 11.7. The number of hydrogen-bond donors (Lipinski definition) is 1. The topological polar surface area (TPSA) is 29.1 Å². The van der Waals surface area contributed by atoms with Crippen molar-refractivity contribution < 1.29 is 4.79 Å². The van der Waals surface area contributed by atoms with Crippen molar-refractivity contribution in [1.82, 2.24) is 5.32 Å². The highest BCUT2D eigenvalue weighted by Crippen LogP contribution is 2.61. The first-order valence-electron chi connectivity index (χ1n) is 11.5. The van der Waals surface area contributed by atoms with Gasteiger partial charge in [0.15, 0.2) is 12.7 Å². The lowest BCUT2D eigenvalue weighted by Crippen LogP contribution is -2.38. The average molecular weight is 483 g/mol. The van der Waals surface area contributed by atoms with Crippen LogP contribution in [0.25, 0.3) is 0 Å². The van der Waals surface area contributed by atoms with Crippen molar-refractivity contribution in [1.29, 1.82) is 0 Å². The number of amides is 1. The third-order valence-electron chi connectivity index (χ3n) is 5.59. The van der Waals surface area contributed by atoms with Crippen LogP contribution in [0.5, 0.6) is 0 Å². The SMILES string of the molecule is CCCS/C=C(\NC(=O)c1ccccc1)[P+](c1ccccc1)(c1ccccc1)c1ccccc1. The van der Waals surface area contributed by atoms with Gasteiger partial charge in [-0.15, -0.1) is 11.8 Å². The first kappa shape index (κ1) is 24.0. The maximum atomic E-state index is 13.5. The number of carbonyl (C=O) groups is 1. The van der Waals surface area contributed by atoms with Gasteiger partial charge in [-0.05, 0) is 60.7 Å². The molecule has 0 bridgehead atoms. The summed E-state index contributed by atoms with van der Waals surface area (Å²) in [6.45, 7) is 2.18. The Morgan fingerprint density at radius 1 is 0.706 bits per heavy atom. The highest BCUT2D eigenvalue weighted by Gasteiger charge is 2.50. The summed E-state index contributed by atoms with van der Waals surface area (Å²) < 4.78 is 0. The lowest BCUT2D eigenvalue weighted by Gasteiger charge is -2.29. The molecule has 170 valence electrons. The first-order chi connectivity index (χ1) is 16.8. The molecule has 4 aromatic carbocycles. The molecule has 0 heterocycles. The zero-order chi connectivity index (χ0) is 23.6. The minimum Gasteiger partial charge on any atom is -0.292 e. The van der Waals surface area contributed by atoms with E-state index in [1.807, 2.05) is 48.5 Å². The lowest BCUT2D eigenvalue weighted by atomic mass is 10.2. The molecule has 0 aliphatic rings. The van der Waals surface area contributed by atoms with E-state index in [-0.39, 0.29) is 5.91 Å². The van der Waals surface area contributed by atoms with Crippen LogP contribution in [0, 0.1) is 0 Å². The smallest absolute Gasteiger partial charge is 0.258 e. The molecule has 0 spiro atoms. The summed E-state index contributed by atoms with van der Waals surface area (Å²) in [4.78, 5) is 13.5. The molecule has 0 aromatic heterocycles. The van der Waals surface area contributed by atoms with Crippen LogP contribution in [0.15, 0.2) is 132 Å². The molecule has 4 heteroatoms. The van der Waals surface area contributed by atoms with E-state index in [1.165, 1.54) is 15.9 Å². The molecule has 0 unspecified atom stereocenters. The predicted molar refractivity (Wildman–Crippen MR) is 150 cm³/mol. The first-order valence-corrected chi connectivity index (χ1v) is 14.3. The summed E-state index contributed by atoms with van der Waals surface area (Å²) >= 11 is 1.76. The van der Waals surface area contributed by atoms with Gasteiger partial charge >= 0.3 is 0 Å². The molecule has 0 fully saturated rings. The monoisotopic (exact) mass is 482 g/mol. The van der Waals surface area contributed by atoms with Crippen molar-refractivity contribution in [3.63, 3.8) is 0 Å². The number of thioether (sulfide) groups is 1. The molecule has 0 saturated heterocycles. The third-order valence-corrected chi connectivity index (χ3v) is 11.0. The summed E-state index contributed by atoms with van der Waals surface area (Å²) in [5.41, 5.74) is 1.62. The largest absolute Gasteiger partial charge is 0.292 e. The molecule has 1 N–H and O–H groups in total. The molecule has 4 rings (SSSR count). The van der Waals surface area contributed by atoms with Crippen LogP contribution in [0.1, 0.15) is 23.7 Å². The zero-order valence-corrected chi connectivity index (χ0v) is 21.0. The number of rotatable bonds is 9. The van der Waals surface area contributed by atoms with E-state index in [1.54, 1.807) is 11.8 Å². The summed E-state index contributed by atoms with van der Waals surface area (Å²) in [5, 5.41) is 9.20. The number of nitrogens with one attached hydrogen (secondary N) is 1. The zero-order valence-electron chi connectivity index (χ0n) is 19.3. The number of hydrogen-bond acceptors (Lipinski definition) is 2. The van der Waals surface area contributed by atoms with Gasteiger partial charge in [0, 0.05) is 11.0 Å². The maximum absolute atomic E-state index is 13.5. The van der Waals surface area contributed by atoms with E-state index in [0.29, 0.717) is 5.56 Å². The fourth-order valence-electron chi connectivity index (χ4n) is 4.05. The molecular formula is C30H29NOPS+. The van der Waals surface area contributed by atoms with Crippen molar-refractivity contribution in [3.8, 4) is 0 Å². The Hall–Kier alpha value is -3.13. The Kier molecular flexibility index (Phi) is 8.36. The standard InChI is InChI=1S/C30H28NOPS/c1-2-23-34-24-29(31-30(32)25-15-7-3-8-16-25)33(26-17-9-4-10-18-26,27-19-11-5-12-20-27)28-21-13-6-14-22-28/h3-22,24H,2,23H2,1H3/p+1/b29-24+. The average Bonchev–Trinajstić information content (AvgIpc) is 2.91. The Bertz CT molecular complexity index is 1120. The van der Waals surface area contributed by atoms with Crippen LogP contribution in [0.2, 0.25) is 0 Å². The Balaban J connectivity index is 1.98. The van der Waals surface area contributed by atoms with Crippen LogP contribution in [0.4, 0.5) is 0 Å². The fraction of sp³-hybridized carbons (Fsp3) is 0.100. The van der Waals surface area contributed by atoms with Gasteiger partial charge in [-0.25, -0.2) is 0 Å². The van der Waals surface area contributed by atoms with E-state index in [2.05, 4.69) is 90.4 Å². The van der Waals surface area contributed by atoms with Gasteiger partial charge in [0.05, 0.1) is 0 Å². The molecule has 4 aromatic rings. The highest BCUT2D eigenvalue weighted by atomic mass is 32.2. The van der Waals surface area contributed by atoms with Gasteiger partial charge in [-0.3, -0.25) is 10.1 Å². The molecule has 34 heavy (non-hydrogen) atoms. The highest BCUT2D eigenvalue weighted by molar-refractivity contribution is 8.04. The van der Waals surface area contributed by atoms with Crippen LogP contribution < -0.4 is 21.2 Å². The van der Waals surface area contributed by atoms with Crippen LogP contribution in [-0.2, 0) is 0 Å². The summed E-state index contributed by atoms with van der Waals surface area (Å²) in [5.74, 6) is 0.902. The lowest BCUT2D eigenvalue weighted by molar-refractivity contribution is 0.0968. The summed E-state index contributed by atoms with van der Waals surface area (Å²) in [7, 11) is -2.37. The van der Waals surface area contributed by atoms with E-state index in [4.69, 9.17) is 0 Å². The molecule has 0 aliphatic carbocycles. The van der Waals surface area contributed by atoms with Gasteiger partial charge < -0.3 is 0 Å². The van der Waals surface area contributed by atoms with Gasteiger partial charge in [-0.1, -0.05) is 79.7 Å². The van der Waals surface area contributed by atoms with Crippen molar-refractivity contribution in [2.75, 3.05) is 5.75 Å². The van der Waals surface area contributed by atoms with Crippen molar-refractivity contribution in [3.05, 3.63) is 138 Å². The van der Waals surface area contributed by atoms with Crippen molar-refractivity contribution >= 4 is 40.8 Å². The second-order valence-corrected chi connectivity index (χ2v) is 12.2. The van der Waals surface area contributed by atoms with Crippen molar-refractivity contribution in [2.24, 2.45) is 0 Å². The molecule has 0 aliphatic heterocycles. The molecule has 1 amide bonds. The number of carbonyl (C=O) groups excluding carboxylic acids is 1. The summed E-state index contributed by atoms with van der Waals surface area (Å²) in [6.07, 6.45) is 1.06. The maximum Gasteiger partial charge on any atom is 0.258 e. The second-order valence-electron chi connectivity index (χ2n) is 7.87. The Labute approximate surface area is 207 Å². The Morgan fingerprint density at radius 3 is 1.53 bits per heavy atom. The molecule has 0 radical (unpaired) electrons. The van der Waals surface area contributed by atoms with Gasteiger partial charge in [0.1, 0.15) is 15.9 Å². The van der Waals surface area contributed by atoms with E-state index in [9.17, 15) is 4.79 Å². The minimum absolute atomic E-state index is 0.0869. The molecular weight excluding hydrogens is 453 g/mol. The Morgan fingerprint density at radius 2 is 1.12 bits per heavy atom. The predicted octanol–water partition coefficient (Wildman–Crippen LogP) is 6.35. The van der Waals surface area contributed by atoms with E-state index >= 15 is 0 Å². The van der Waals surface area contributed by atoms with Crippen LogP contribution >= 0.6 is 19.0 Å². The van der Waals surface area contributed by atoms with Gasteiger partial charge in [0.25, 0.3) is 5.91 Å². The van der Waals surface area contributed by atoms with Crippen LogP contribution in [-0.4, -0.2) is 11.7 Å². The quantitative estimate of drug-likeness (QED) is 0.222. The van der Waals surface area contributed by atoms with Crippen LogP contribution in [0.3, 0.4) is 0 Å². The summed E-state index contributed by atoms with van der Waals surface area (Å²) in [6, 6.07) is 41.3. The molecule has 0 saturated carbocycles. The molecule has 2 nitrogen and oxygen atoms in total. The fourth-order valence-corrected chi connectivity index (χ4v) is 9.33. The second kappa shape index (κ2) is 11.8. The van der Waals surface area contributed by atoms with Gasteiger partial charge in [0.2, 0.25) is 0 Å². The minimum atomic E-state index is -2.37. The molecule has 0 atom stereocenters.